The van der Waals surface area contributed by atoms with Crippen LogP contribution in [0.4, 0.5) is 0 Å². The van der Waals surface area contributed by atoms with Gasteiger partial charge in [0, 0.05) is 64.9 Å². The van der Waals surface area contributed by atoms with E-state index >= 15 is 0 Å². The lowest BCUT2D eigenvalue weighted by Gasteiger charge is -2.37. The highest BCUT2D eigenvalue weighted by atomic mass is 16.5. The van der Waals surface area contributed by atoms with Gasteiger partial charge in [0.2, 0.25) is 5.89 Å². The summed E-state index contributed by atoms with van der Waals surface area (Å²) in [6.45, 7) is 12.6. The fourth-order valence-corrected chi connectivity index (χ4v) is 5.18. The average molecular weight is 464 g/mol. The van der Waals surface area contributed by atoms with Crippen LogP contribution in [0.15, 0.2) is 10.7 Å². The van der Waals surface area contributed by atoms with Crippen LogP contribution in [0.3, 0.4) is 0 Å². The number of amides is 1. The number of hydrogen-bond acceptors (Lipinski definition) is 8. The van der Waals surface area contributed by atoms with E-state index in [0.29, 0.717) is 31.3 Å². The van der Waals surface area contributed by atoms with E-state index in [1.165, 1.54) is 31.9 Å². The summed E-state index contributed by atoms with van der Waals surface area (Å²) in [5.74, 6) is 0.584. The van der Waals surface area contributed by atoms with Gasteiger partial charge in [0.1, 0.15) is 6.26 Å². The van der Waals surface area contributed by atoms with E-state index in [0.717, 1.165) is 58.4 Å². The lowest BCUT2D eigenvalue weighted by atomic mass is 10.2. The van der Waals surface area contributed by atoms with E-state index in [1.807, 2.05) is 18.7 Å². The first-order chi connectivity index (χ1) is 16.0. The van der Waals surface area contributed by atoms with Crippen molar-refractivity contribution in [2.24, 2.45) is 0 Å². The van der Waals surface area contributed by atoms with Crippen LogP contribution in [-0.4, -0.2) is 119 Å². The molecule has 1 unspecified atom stereocenters. The predicted molar refractivity (Wildman–Crippen MR) is 125 cm³/mol. The summed E-state index contributed by atoms with van der Waals surface area (Å²) >= 11 is 0. The van der Waals surface area contributed by atoms with Gasteiger partial charge in [-0.15, -0.1) is 0 Å². The van der Waals surface area contributed by atoms with Crippen molar-refractivity contribution < 1.29 is 19.1 Å². The highest BCUT2D eigenvalue weighted by molar-refractivity contribution is 5.92. The van der Waals surface area contributed by atoms with E-state index in [2.05, 4.69) is 19.7 Å². The third kappa shape index (κ3) is 6.99. The molecule has 1 aromatic heterocycles. The Morgan fingerprint density at radius 2 is 1.76 bits per heavy atom. The van der Waals surface area contributed by atoms with Crippen molar-refractivity contribution in [2.45, 2.75) is 64.3 Å². The number of carbonyl (C=O) groups excluding carboxylic acids is 1. The number of oxazole rings is 1. The van der Waals surface area contributed by atoms with Gasteiger partial charge in [-0.3, -0.25) is 19.5 Å². The van der Waals surface area contributed by atoms with Gasteiger partial charge in [0.05, 0.1) is 25.4 Å². The molecule has 9 heteroatoms. The molecule has 1 saturated carbocycles. The number of ether oxygens (including phenoxy) is 1. The lowest BCUT2D eigenvalue weighted by Crippen LogP contribution is -2.51. The molecule has 1 aliphatic carbocycles. The largest absolute Gasteiger partial charge is 0.447 e. The van der Waals surface area contributed by atoms with Crippen LogP contribution < -0.4 is 0 Å². The van der Waals surface area contributed by atoms with Crippen molar-refractivity contribution in [3.05, 3.63) is 17.8 Å². The summed E-state index contributed by atoms with van der Waals surface area (Å²) in [6, 6.07) is 0.720. The normalized spacial score (nSPS) is 23.0. The molecule has 1 N–H and O–H groups in total. The first kappa shape index (κ1) is 24.6. The minimum atomic E-state index is -0.459. The van der Waals surface area contributed by atoms with E-state index < -0.39 is 6.10 Å². The Hall–Kier alpha value is -1.52. The molecule has 2 aliphatic heterocycles. The van der Waals surface area contributed by atoms with Gasteiger partial charge in [-0.1, -0.05) is 12.8 Å². The van der Waals surface area contributed by atoms with Crippen LogP contribution in [0.25, 0.3) is 0 Å². The fourth-order valence-electron chi connectivity index (χ4n) is 5.18. The molecule has 186 valence electrons. The number of rotatable bonds is 9. The number of hydrogen-bond donors (Lipinski definition) is 1. The minimum Gasteiger partial charge on any atom is -0.447 e. The van der Waals surface area contributed by atoms with Gasteiger partial charge >= 0.3 is 0 Å². The van der Waals surface area contributed by atoms with Gasteiger partial charge in [-0.05, 0) is 26.7 Å². The number of carbonyl (C=O) groups is 1. The monoisotopic (exact) mass is 463 g/mol. The van der Waals surface area contributed by atoms with Crippen molar-refractivity contribution in [3.8, 4) is 0 Å². The molecule has 4 rings (SSSR count). The molecule has 1 aromatic rings. The van der Waals surface area contributed by atoms with Crippen molar-refractivity contribution in [1.29, 1.82) is 0 Å². The third-order valence-electron chi connectivity index (χ3n) is 7.13. The summed E-state index contributed by atoms with van der Waals surface area (Å²) in [7, 11) is 0. The third-order valence-corrected chi connectivity index (χ3v) is 7.13. The molecule has 3 heterocycles. The summed E-state index contributed by atoms with van der Waals surface area (Å²) in [6.07, 6.45) is 6.49. The van der Waals surface area contributed by atoms with Crippen molar-refractivity contribution in [3.63, 3.8) is 0 Å². The Bertz CT molecular complexity index is 735. The van der Waals surface area contributed by atoms with Gasteiger partial charge in [0.25, 0.3) is 5.91 Å². The van der Waals surface area contributed by atoms with Crippen LogP contribution in [0.1, 0.15) is 55.9 Å². The predicted octanol–water partition coefficient (Wildman–Crippen LogP) is 1.28. The van der Waals surface area contributed by atoms with E-state index in [4.69, 9.17) is 9.15 Å². The molecule has 1 atom stereocenters. The van der Waals surface area contributed by atoms with Crippen LogP contribution in [-0.2, 0) is 11.3 Å². The average Bonchev–Trinajstić information content (AvgIpc) is 3.51. The zero-order valence-corrected chi connectivity index (χ0v) is 20.3. The second-order valence-electron chi connectivity index (χ2n) is 10.0. The van der Waals surface area contributed by atoms with Crippen molar-refractivity contribution >= 4 is 5.91 Å². The number of β-amino-alcohol motifs (C(OH)–C–C–N with tert-alkyl or cyclic N) is 1. The van der Waals surface area contributed by atoms with E-state index in [9.17, 15) is 9.90 Å². The molecule has 1 amide bonds. The smallest absolute Gasteiger partial charge is 0.275 e. The quantitative estimate of drug-likeness (QED) is 0.586. The number of aliphatic hydroxyl groups excluding tert-OH is 1. The molecule has 0 radical (unpaired) electrons. The van der Waals surface area contributed by atoms with Gasteiger partial charge < -0.3 is 19.2 Å². The van der Waals surface area contributed by atoms with Crippen molar-refractivity contribution in [2.75, 3.05) is 65.5 Å². The number of aromatic nitrogens is 1. The molecule has 3 aliphatic rings. The molecular formula is C24H41N5O4. The van der Waals surface area contributed by atoms with Crippen LogP contribution >= 0.6 is 0 Å². The molecule has 0 aromatic carbocycles. The fraction of sp³-hybridized carbons (Fsp3) is 0.833. The molecule has 0 spiro atoms. The molecule has 33 heavy (non-hydrogen) atoms. The first-order valence-corrected chi connectivity index (χ1v) is 12.7. The maximum absolute atomic E-state index is 12.9. The van der Waals surface area contributed by atoms with Gasteiger partial charge in [-0.25, -0.2) is 4.98 Å². The number of aliphatic hydroxyl groups is 1. The van der Waals surface area contributed by atoms with E-state index in [-0.39, 0.29) is 12.0 Å². The number of piperazine rings is 2. The Labute approximate surface area is 197 Å². The molecular weight excluding hydrogens is 422 g/mol. The first-order valence-electron chi connectivity index (χ1n) is 12.7. The van der Waals surface area contributed by atoms with Crippen LogP contribution in [0.5, 0.6) is 0 Å². The van der Waals surface area contributed by atoms with Crippen LogP contribution in [0.2, 0.25) is 0 Å². The second-order valence-corrected chi connectivity index (χ2v) is 10.0. The standard InChI is InChI=1S/C24H41N5O4/c1-19(2)32-17-21(30)15-26-7-9-27(10-8-26)16-23-25-22(18-33-23)24(31)29-13-11-28(12-14-29)20-5-3-4-6-20/h18-21,30H,3-17H2,1-2H3. The summed E-state index contributed by atoms with van der Waals surface area (Å²) < 4.78 is 11.1. The van der Waals surface area contributed by atoms with Gasteiger partial charge in [-0.2, -0.15) is 0 Å². The van der Waals surface area contributed by atoms with Crippen molar-refractivity contribution in [1.82, 2.24) is 24.6 Å². The number of nitrogens with zero attached hydrogens (tertiary/aromatic N) is 5. The lowest BCUT2D eigenvalue weighted by molar-refractivity contribution is -0.0151. The molecule has 2 saturated heterocycles. The van der Waals surface area contributed by atoms with Gasteiger partial charge in [0.15, 0.2) is 5.69 Å². The Kier molecular flexibility index (Phi) is 8.76. The zero-order valence-electron chi connectivity index (χ0n) is 20.3. The SMILES string of the molecule is CC(C)OCC(O)CN1CCN(Cc2nc(C(=O)N3CCN(C4CCCC4)CC3)co2)CC1. The maximum Gasteiger partial charge on any atom is 0.275 e. The highest BCUT2D eigenvalue weighted by Crippen LogP contribution is 2.24. The Morgan fingerprint density at radius 1 is 1.09 bits per heavy atom. The Balaban J connectivity index is 1.17. The van der Waals surface area contributed by atoms with Crippen LogP contribution in [0, 0.1) is 0 Å². The molecule has 3 fully saturated rings. The summed E-state index contributed by atoms with van der Waals surface area (Å²) in [4.78, 5) is 26.4. The minimum absolute atomic E-state index is 0.0153. The second kappa shape index (κ2) is 11.8. The van der Waals surface area contributed by atoms with E-state index in [1.54, 1.807) is 0 Å². The zero-order chi connectivity index (χ0) is 23.2. The summed E-state index contributed by atoms with van der Waals surface area (Å²) in [5.41, 5.74) is 0.422. The maximum atomic E-state index is 12.9. The summed E-state index contributed by atoms with van der Waals surface area (Å²) in [5, 5.41) is 10.1. The molecule has 0 bridgehead atoms. The topological polar surface area (TPSA) is 85.5 Å². The Morgan fingerprint density at radius 3 is 2.42 bits per heavy atom. The highest BCUT2D eigenvalue weighted by Gasteiger charge is 2.29. The molecule has 9 nitrogen and oxygen atoms in total.